The second-order valence-corrected chi connectivity index (χ2v) is 7.63. The molecule has 0 bridgehead atoms. The van der Waals surface area contributed by atoms with E-state index in [0.717, 1.165) is 28.9 Å². The molecule has 0 radical (unpaired) electrons. The summed E-state index contributed by atoms with van der Waals surface area (Å²) in [5.74, 6) is 0.748. The fourth-order valence-corrected chi connectivity index (χ4v) is 3.49. The lowest BCUT2D eigenvalue weighted by Crippen LogP contribution is -2.27. The van der Waals surface area contributed by atoms with Crippen molar-refractivity contribution in [1.82, 2.24) is 9.38 Å². The van der Waals surface area contributed by atoms with Gasteiger partial charge in [-0.2, -0.15) is 0 Å². The summed E-state index contributed by atoms with van der Waals surface area (Å²) < 4.78 is 3.51. The van der Waals surface area contributed by atoms with E-state index in [4.69, 9.17) is 4.98 Å². The molecule has 0 aromatic carbocycles. The van der Waals surface area contributed by atoms with Crippen molar-refractivity contribution < 1.29 is 0 Å². The molecule has 102 valence electrons. The summed E-state index contributed by atoms with van der Waals surface area (Å²) in [5, 5.41) is 0. The Kier molecular flexibility index (Phi) is 3.01. The van der Waals surface area contributed by atoms with Crippen molar-refractivity contribution in [1.29, 1.82) is 0 Å². The minimum absolute atomic E-state index is 0.377. The zero-order valence-corrected chi connectivity index (χ0v) is 13.7. The highest BCUT2D eigenvalue weighted by atomic mass is 79.9. The number of rotatable bonds is 0. The summed E-state index contributed by atoms with van der Waals surface area (Å²) in [6.07, 6.45) is 3.54. The molecule has 1 aliphatic carbocycles. The number of aryl methyl sites for hydroxylation is 2. The SMILES string of the molecule is Cc1c(Br)ccc2nc3c(n12)CC(C(C)(C)C)CC3. The van der Waals surface area contributed by atoms with Gasteiger partial charge in [0.25, 0.3) is 0 Å². The van der Waals surface area contributed by atoms with Crippen molar-refractivity contribution in [3.05, 3.63) is 33.7 Å². The smallest absolute Gasteiger partial charge is 0.137 e. The van der Waals surface area contributed by atoms with Crippen LogP contribution in [-0.4, -0.2) is 9.38 Å². The molecule has 1 unspecified atom stereocenters. The van der Waals surface area contributed by atoms with Gasteiger partial charge < -0.3 is 0 Å². The molecule has 0 saturated heterocycles. The number of hydrogen-bond donors (Lipinski definition) is 0. The van der Waals surface area contributed by atoms with E-state index in [1.54, 1.807) is 0 Å². The average molecular weight is 321 g/mol. The van der Waals surface area contributed by atoms with Gasteiger partial charge in [0.1, 0.15) is 5.65 Å². The Morgan fingerprint density at radius 2 is 2.05 bits per heavy atom. The first-order chi connectivity index (χ1) is 8.88. The molecule has 0 amide bonds. The van der Waals surface area contributed by atoms with Gasteiger partial charge in [0.2, 0.25) is 0 Å². The molecule has 1 aliphatic rings. The number of halogens is 1. The van der Waals surface area contributed by atoms with Crippen LogP contribution in [0.3, 0.4) is 0 Å². The van der Waals surface area contributed by atoms with Crippen LogP contribution < -0.4 is 0 Å². The van der Waals surface area contributed by atoms with E-state index >= 15 is 0 Å². The van der Waals surface area contributed by atoms with Crippen molar-refractivity contribution in [3.8, 4) is 0 Å². The predicted octanol–water partition coefficient (Wildman–Crippen LogP) is 4.56. The number of aromatic nitrogens is 2. The minimum Gasteiger partial charge on any atom is -0.300 e. The fraction of sp³-hybridized carbons (Fsp3) is 0.562. The van der Waals surface area contributed by atoms with E-state index in [9.17, 15) is 0 Å². The monoisotopic (exact) mass is 320 g/mol. The van der Waals surface area contributed by atoms with Crippen molar-refractivity contribution >= 4 is 21.6 Å². The largest absolute Gasteiger partial charge is 0.300 e. The van der Waals surface area contributed by atoms with E-state index in [0.29, 0.717) is 5.41 Å². The first kappa shape index (κ1) is 13.2. The van der Waals surface area contributed by atoms with Gasteiger partial charge in [0, 0.05) is 15.9 Å². The van der Waals surface area contributed by atoms with Crippen molar-refractivity contribution in [2.45, 2.75) is 47.0 Å². The zero-order valence-electron chi connectivity index (χ0n) is 12.1. The Morgan fingerprint density at radius 3 is 2.74 bits per heavy atom. The van der Waals surface area contributed by atoms with Crippen LogP contribution in [-0.2, 0) is 12.8 Å². The lowest BCUT2D eigenvalue weighted by Gasteiger charge is -2.33. The van der Waals surface area contributed by atoms with Crippen LogP contribution in [0.2, 0.25) is 0 Å². The summed E-state index contributed by atoms with van der Waals surface area (Å²) in [4.78, 5) is 4.81. The molecule has 0 N–H and O–H groups in total. The van der Waals surface area contributed by atoms with Crippen LogP contribution in [0, 0.1) is 18.3 Å². The van der Waals surface area contributed by atoms with Crippen LogP contribution in [0.5, 0.6) is 0 Å². The number of pyridine rings is 1. The predicted molar refractivity (Wildman–Crippen MR) is 82.6 cm³/mol. The Labute approximate surface area is 123 Å². The van der Waals surface area contributed by atoms with Crippen molar-refractivity contribution in [2.75, 3.05) is 0 Å². The molecule has 2 aromatic rings. The van der Waals surface area contributed by atoms with Gasteiger partial charge in [-0.1, -0.05) is 20.8 Å². The van der Waals surface area contributed by atoms with Gasteiger partial charge in [-0.15, -0.1) is 0 Å². The van der Waals surface area contributed by atoms with E-state index in [2.05, 4.69) is 60.2 Å². The van der Waals surface area contributed by atoms with Gasteiger partial charge in [-0.05, 0) is 65.6 Å². The quantitative estimate of drug-likeness (QED) is 0.695. The number of hydrogen-bond acceptors (Lipinski definition) is 1. The van der Waals surface area contributed by atoms with Crippen molar-refractivity contribution in [2.24, 2.45) is 11.3 Å². The second kappa shape index (κ2) is 4.34. The van der Waals surface area contributed by atoms with Gasteiger partial charge >= 0.3 is 0 Å². The van der Waals surface area contributed by atoms with E-state index in [1.807, 2.05) is 0 Å². The summed E-state index contributed by atoms with van der Waals surface area (Å²) >= 11 is 3.63. The number of fused-ring (bicyclic) bond motifs is 3. The molecule has 2 aromatic heterocycles. The van der Waals surface area contributed by atoms with Crippen LogP contribution >= 0.6 is 15.9 Å². The lowest BCUT2D eigenvalue weighted by atomic mass is 9.73. The molecule has 0 fully saturated rings. The first-order valence-corrected chi connectivity index (χ1v) is 7.82. The summed E-state index contributed by atoms with van der Waals surface area (Å²) in [7, 11) is 0. The zero-order chi connectivity index (χ0) is 13.8. The minimum atomic E-state index is 0.377. The van der Waals surface area contributed by atoms with Gasteiger partial charge in [-0.3, -0.25) is 4.40 Å². The number of nitrogens with zero attached hydrogens (tertiary/aromatic N) is 2. The molecule has 0 spiro atoms. The van der Waals surface area contributed by atoms with Crippen molar-refractivity contribution in [3.63, 3.8) is 0 Å². The van der Waals surface area contributed by atoms with E-state index in [1.165, 1.54) is 23.5 Å². The van der Waals surface area contributed by atoms with E-state index in [-0.39, 0.29) is 0 Å². The molecular formula is C16H21BrN2. The Balaban J connectivity index is 2.15. The van der Waals surface area contributed by atoms with Gasteiger partial charge in [-0.25, -0.2) is 4.98 Å². The highest BCUT2D eigenvalue weighted by Gasteiger charge is 2.31. The lowest BCUT2D eigenvalue weighted by molar-refractivity contribution is 0.213. The second-order valence-electron chi connectivity index (χ2n) is 6.77. The van der Waals surface area contributed by atoms with E-state index < -0.39 is 0 Å². The molecular weight excluding hydrogens is 300 g/mol. The average Bonchev–Trinajstić information content (AvgIpc) is 2.70. The standard InChI is InChI=1S/C16H21BrN2/c1-10-12(17)6-8-15-18-13-7-5-11(16(2,3)4)9-14(13)19(10)15/h6,8,11H,5,7,9H2,1-4H3. The molecule has 0 aliphatic heterocycles. The fourth-order valence-electron chi connectivity index (χ4n) is 3.18. The Hall–Kier alpha value is -0.830. The van der Waals surface area contributed by atoms with Gasteiger partial charge in [0.15, 0.2) is 0 Å². The van der Waals surface area contributed by atoms with Crippen LogP contribution in [0.15, 0.2) is 16.6 Å². The molecule has 3 heteroatoms. The molecule has 2 heterocycles. The Bertz CT molecular complexity index is 634. The molecule has 0 saturated carbocycles. The highest BCUT2D eigenvalue weighted by molar-refractivity contribution is 9.10. The third-order valence-electron chi connectivity index (χ3n) is 4.54. The topological polar surface area (TPSA) is 17.3 Å². The van der Waals surface area contributed by atoms with Crippen LogP contribution in [0.25, 0.3) is 5.65 Å². The maximum absolute atomic E-state index is 4.81. The molecule has 1 atom stereocenters. The van der Waals surface area contributed by atoms with Gasteiger partial charge in [0.05, 0.1) is 5.69 Å². The molecule has 2 nitrogen and oxygen atoms in total. The third-order valence-corrected chi connectivity index (χ3v) is 5.37. The number of imidazole rings is 1. The highest BCUT2D eigenvalue weighted by Crippen LogP contribution is 2.38. The summed E-state index contributed by atoms with van der Waals surface area (Å²) in [6, 6.07) is 4.21. The third kappa shape index (κ3) is 2.12. The summed E-state index contributed by atoms with van der Waals surface area (Å²) in [5.41, 5.74) is 5.48. The summed E-state index contributed by atoms with van der Waals surface area (Å²) in [6.45, 7) is 9.23. The normalized spacial score (nSPS) is 19.7. The maximum Gasteiger partial charge on any atom is 0.137 e. The van der Waals surface area contributed by atoms with Crippen LogP contribution in [0.1, 0.15) is 44.3 Å². The maximum atomic E-state index is 4.81. The Morgan fingerprint density at radius 1 is 1.32 bits per heavy atom. The molecule has 3 rings (SSSR count). The van der Waals surface area contributed by atoms with Crippen LogP contribution in [0.4, 0.5) is 0 Å². The first-order valence-electron chi connectivity index (χ1n) is 7.03. The molecule has 19 heavy (non-hydrogen) atoms.